The summed E-state index contributed by atoms with van der Waals surface area (Å²) in [6, 6.07) is 0.546. The molecule has 1 aliphatic carbocycles. The lowest BCUT2D eigenvalue weighted by Gasteiger charge is -2.12. The number of hydrogen-bond acceptors (Lipinski definition) is 2. The van der Waals surface area contributed by atoms with Gasteiger partial charge in [-0.2, -0.15) is 5.10 Å². The molecule has 0 bridgehead atoms. The van der Waals surface area contributed by atoms with Crippen molar-refractivity contribution in [3.05, 3.63) is 17.5 Å². The van der Waals surface area contributed by atoms with Gasteiger partial charge in [0.1, 0.15) is 0 Å². The second kappa shape index (κ2) is 6.42. The van der Waals surface area contributed by atoms with Crippen LogP contribution in [0.25, 0.3) is 0 Å². The van der Waals surface area contributed by atoms with Gasteiger partial charge in [0.15, 0.2) is 5.96 Å². The number of guanidine groups is 1. The van der Waals surface area contributed by atoms with E-state index in [1.165, 1.54) is 31.2 Å². The molecule has 0 saturated heterocycles. The van der Waals surface area contributed by atoms with E-state index in [0.29, 0.717) is 12.0 Å². The van der Waals surface area contributed by atoms with Crippen LogP contribution in [0.5, 0.6) is 0 Å². The van der Waals surface area contributed by atoms with E-state index < -0.39 is 0 Å². The third kappa shape index (κ3) is 3.75. The highest BCUT2D eigenvalue weighted by molar-refractivity contribution is 5.78. The van der Waals surface area contributed by atoms with Crippen LogP contribution in [0.3, 0.4) is 0 Å². The summed E-state index contributed by atoms with van der Waals surface area (Å²) < 4.78 is 0. The number of hydrogen-bond donors (Lipinski definition) is 3. The third-order valence-electron chi connectivity index (χ3n) is 3.53. The summed E-state index contributed by atoms with van der Waals surface area (Å²) >= 11 is 0. The number of aryl methyl sites for hydroxylation is 2. The minimum absolute atomic E-state index is 0.546. The topological polar surface area (TPSA) is 79.1 Å². The Hall–Kier alpha value is -1.52. The molecule has 0 spiro atoms. The summed E-state index contributed by atoms with van der Waals surface area (Å²) in [7, 11) is 0. The molecular formula is C13H23N5. The third-order valence-corrected chi connectivity index (χ3v) is 3.53. The Balaban J connectivity index is 1.65. The largest absolute Gasteiger partial charge is 0.370 e. The Kier molecular flexibility index (Phi) is 4.61. The Bertz CT molecular complexity index is 390. The summed E-state index contributed by atoms with van der Waals surface area (Å²) in [5.41, 5.74) is 8.28. The summed E-state index contributed by atoms with van der Waals surface area (Å²) in [6.45, 7) is 2.82. The van der Waals surface area contributed by atoms with Gasteiger partial charge in [0.05, 0.1) is 6.20 Å². The van der Waals surface area contributed by atoms with Crippen LogP contribution in [-0.2, 0) is 6.42 Å². The van der Waals surface area contributed by atoms with Gasteiger partial charge >= 0.3 is 0 Å². The van der Waals surface area contributed by atoms with Gasteiger partial charge in [-0.15, -0.1) is 0 Å². The molecule has 5 nitrogen and oxygen atoms in total. The van der Waals surface area contributed by atoms with Gasteiger partial charge in [-0.25, -0.2) is 0 Å². The number of aromatic nitrogens is 2. The lowest BCUT2D eigenvalue weighted by molar-refractivity contribution is 0.624. The summed E-state index contributed by atoms with van der Waals surface area (Å²) in [4.78, 5) is 4.37. The molecular weight excluding hydrogens is 226 g/mol. The quantitative estimate of drug-likeness (QED) is 0.420. The van der Waals surface area contributed by atoms with Gasteiger partial charge in [-0.3, -0.25) is 10.1 Å². The van der Waals surface area contributed by atoms with Gasteiger partial charge in [0.2, 0.25) is 0 Å². The Morgan fingerprint density at radius 1 is 1.56 bits per heavy atom. The van der Waals surface area contributed by atoms with E-state index in [0.717, 1.165) is 25.1 Å². The predicted octanol–water partition coefficient (Wildman–Crippen LogP) is 1.50. The lowest BCUT2D eigenvalue weighted by atomic mass is 10.1. The molecule has 18 heavy (non-hydrogen) atoms. The summed E-state index contributed by atoms with van der Waals surface area (Å²) in [6.07, 6.45) is 8.97. The number of nitrogens with zero attached hydrogens (tertiary/aromatic N) is 2. The minimum Gasteiger partial charge on any atom is -0.370 e. The highest BCUT2D eigenvalue weighted by atomic mass is 15.1. The number of H-pyrrole nitrogens is 1. The number of aromatic amines is 1. The first-order chi connectivity index (χ1) is 8.75. The summed E-state index contributed by atoms with van der Waals surface area (Å²) in [5, 5.41) is 10.2. The maximum absolute atomic E-state index is 5.86. The molecule has 1 aromatic heterocycles. The molecule has 1 saturated carbocycles. The van der Waals surface area contributed by atoms with Gasteiger partial charge in [-0.1, -0.05) is 12.8 Å². The molecule has 4 N–H and O–H groups in total. The van der Waals surface area contributed by atoms with Gasteiger partial charge in [0.25, 0.3) is 0 Å². The van der Waals surface area contributed by atoms with Crippen LogP contribution in [0.2, 0.25) is 0 Å². The molecule has 1 aliphatic rings. The van der Waals surface area contributed by atoms with Crippen molar-refractivity contribution in [1.82, 2.24) is 15.5 Å². The molecule has 0 radical (unpaired) electrons. The first kappa shape index (κ1) is 12.9. The molecule has 5 heteroatoms. The van der Waals surface area contributed by atoms with Crippen molar-refractivity contribution in [2.45, 2.75) is 51.5 Å². The van der Waals surface area contributed by atoms with Crippen molar-refractivity contribution >= 4 is 5.96 Å². The van der Waals surface area contributed by atoms with Crippen LogP contribution in [-0.4, -0.2) is 28.7 Å². The van der Waals surface area contributed by atoms with Crippen molar-refractivity contribution in [3.63, 3.8) is 0 Å². The fourth-order valence-corrected chi connectivity index (χ4v) is 2.42. The zero-order valence-corrected chi connectivity index (χ0v) is 11.1. The monoisotopic (exact) mass is 249 g/mol. The van der Waals surface area contributed by atoms with E-state index in [9.17, 15) is 0 Å². The molecule has 2 rings (SSSR count). The van der Waals surface area contributed by atoms with E-state index in [-0.39, 0.29) is 0 Å². The predicted molar refractivity (Wildman–Crippen MR) is 73.5 cm³/mol. The van der Waals surface area contributed by atoms with E-state index in [1.807, 2.05) is 13.1 Å². The van der Waals surface area contributed by atoms with Crippen LogP contribution in [0, 0.1) is 6.92 Å². The van der Waals surface area contributed by atoms with Crippen molar-refractivity contribution in [3.8, 4) is 0 Å². The maximum Gasteiger partial charge on any atom is 0.188 e. The standard InChI is InChI=1S/C13H23N5/c1-10-11(9-16-18-10)5-4-8-15-13(14)17-12-6-2-3-7-12/h9,12H,2-8H2,1H3,(H,16,18)(H3,14,15,17). The highest BCUT2D eigenvalue weighted by Gasteiger charge is 2.14. The number of rotatable bonds is 5. The smallest absolute Gasteiger partial charge is 0.188 e. The molecule has 1 fully saturated rings. The van der Waals surface area contributed by atoms with Crippen LogP contribution in [0.4, 0.5) is 0 Å². The molecule has 0 unspecified atom stereocenters. The second-order valence-corrected chi connectivity index (χ2v) is 5.02. The normalized spacial score (nSPS) is 17.3. The molecule has 0 amide bonds. The van der Waals surface area contributed by atoms with E-state index in [2.05, 4.69) is 20.5 Å². The summed E-state index contributed by atoms with van der Waals surface area (Å²) in [5.74, 6) is 0.603. The van der Waals surface area contributed by atoms with Gasteiger partial charge in [0, 0.05) is 18.3 Å². The fourth-order valence-electron chi connectivity index (χ4n) is 2.42. The molecule has 0 atom stereocenters. The first-order valence-electron chi connectivity index (χ1n) is 6.81. The number of aliphatic imine (C=N–C) groups is 1. The van der Waals surface area contributed by atoms with Crippen LogP contribution < -0.4 is 11.1 Å². The first-order valence-corrected chi connectivity index (χ1v) is 6.81. The van der Waals surface area contributed by atoms with Crippen molar-refractivity contribution in [2.24, 2.45) is 10.7 Å². The van der Waals surface area contributed by atoms with Gasteiger partial charge in [-0.05, 0) is 38.2 Å². The van der Waals surface area contributed by atoms with E-state index >= 15 is 0 Å². The average Bonchev–Trinajstić information content (AvgIpc) is 2.97. The van der Waals surface area contributed by atoms with Crippen molar-refractivity contribution in [2.75, 3.05) is 6.54 Å². The maximum atomic E-state index is 5.86. The Labute approximate surface area is 108 Å². The van der Waals surface area contributed by atoms with Crippen molar-refractivity contribution < 1.29 is 0 Å². The molecule has 1 aromatic rings. The second-order valence-electron chi connectivity index (χ2n) is 5.02. The number of nitrogens with two attached hydrogens (primary N) is 1. The Morgan fingerprint density at radius 2 is 2.33 bits per heavy atom. The zero-order chi connectivity index (χ0) is 12.8. The van der Waals surface area contributed by atoms with Crippen LogP contribution in [0.15, 0.2) is 11.2 Å². The molecule has 100 valence electrons. The Morgan fingerprint density at radius 3 is 3.00 bits per heavy atom. The minimum atomic E-state index is 0.546. The zero-order valence-electron chi connectivity index (χ0n) is 11.1. The van der Waals surface area contributed by atoms with Crippen LogP contribution in [0.1, 0.15) is 43.4 Å². The van der Waals surface area contributed by atoms with Gasteiger partial charge < -0.3 is 11.1 Å². The van der Waals surface area contributed by atoms with Crippen LogP contribution >= 0.6 is 0 Å². The average molecular weight is 249 g/mol. The van der Waals surface area contributed by atoms with Crippen molar-refractivity contribution in [1.29, 1.82) is 0 Å². The molecule has 0 aliphatic heterocycles. The fraction of sp³-hybridized carbons (Fsp3) is 0.692. The number of nitrogens with one attached hydrogen (secondary N) is 2. The molecule has 0 aromatic carbocycles. The van der Waals surface area contributed by atoms with E-state index in [4.69, 9.17) is 5.73 Å². The molecule has 1 heterocycles. The lowest BCUT2D eigenvalue weighted by Crippen LogP contribution is -2.38. The highest BCUT2D eigenvalue weighted by Crippen LogP contribution is 2.17. The SMILES string of the molecule is Cc1[nH]ncc1CCCN=C(N)NC1CCCC1. The van der Waals surface area contributed by atoms with E-state index in [1.54, 1.807) is 0 Å².